The Morgan fingerprint density at radius 3 is 2.38 bits per heavy atom. The van der Waals surface area contributed by atoms with Crippen LogP contribution in [0.4, 0.5) is 0 Å². The molecule has 0 radical (unpaired) electrons. The molecule has 1 aliphatic carbocycles. The molecule has 1 aliphatic rings. The van der Waals surface area contributed by atoms with Gasteiger partial charge in [0.15, 0.2) is 0 Å². The van der Waals surface area contributed by atoms with Crippen LogP contribution in [0.15, 0.2) is 42.5 Å². The molecule has 3 rings (SSSR count). The number of nitrogens with one attached hydrogen (secondary N) is 1. The van der Waals surface area contributed by atoms with Crippen LogP contribution in [0.5, 0.6) is 5.75 Å². The van der Waals surface area contributed by atoms with E-state index in [9.17, 15) is 0 Å². The summed E-state index contributed by atoms with van der Waals surface area (Å²) in [4.78, 5) is 0. The Hall–Kier alpha value is -0.930. The Morgan fingerprint density at radius 2 is 1.65 bits per heavy atom. The van der Waals surface area contributed by atoms with E-state index in [0.717, 1.165) is 17.9 Å². The van der Waals surface area contributed by atoms with Gasteiger partial charge in [-0.25, -0.2) is 0 Å². The number of para-hydroxylation sites is 1. The van der Waals surface area contributed by atoms with Gasteiger partial charge < -0.3 is 10.1 Å². The molecule has 0 aliphatic heterocycles. The summed E-state index contributed by atoms with van der Waals surface area (Å²) in [5.74, 6) is 0.912. The van der Waals surface area contributed by atoms with E-state index in [-0.39, 0.29) is 12.4 Å². The molecule has 2 nitrogen and oxygen atoms in total. The van der Waals surface area contributed by atoms with E-state index >= 15 is 0 Å². The maximum atomic E-state index is 6.24. The van der Waals surface area contributed by atoms with Crippen LogP contribution < -0.4 is 10.1 Å². The van der Waals surface area contributed by atoms with Gasteiger partial charge in [-0.2, -0.15) is 0 Å². The molecule has 0 atom stereocenters. The number of ether oxygens (including phenoxy) is 1. The van der Waals surface area contributed by atoms with Crippen LogP contribution in [0.2, 0.25) is 10.0 Å². The van der Waals surface area contributed by atoms with Crippen LogP contribution in [0.3, 0.4) is 0 Å². The van der Waals surface area contributed by atoms with Crippen molar-refractivity contribution in [1.29, 1.82) is 0 Å². The average molecular weight is 415 g/mol. The van der Waals surface area contributed by atoms with Gasteiger partial charge >= 0.3 is 0 Å². The molecule has 1 N–H and O–H groups in total. The molecule has 142 valence electrons. The van der Waals surface area contributed by atoms with Gasteiger partial charge in [0.2, 0.25) is 0 Å². The Labute approximate surface area is 172 Å². The summed E-state index contributed by atoms with van der Waals surface area (Å²) in [7, 11) is 0. The van der Waals surface area contributed by atoms with Gasteiger partial charge in [0, 0.05) is 33.8 Å². The standard InChI is InChI=1S/C21H25Cl2NO.ClH/c22-18-12-11-17(20(23)13-18)15-25-21-10-6-5-7-16(21)14-24-19-8-3-1-2-4-9-19;/h5-7,10-13,19,24H,1-4,8-9,14-15H2;1H. The fourth-order valence-corrected chi connectivity index (χ4v) is 3.79. The highest BCUT2D eigenvalue weighted by atomic mass is 35.5. The predicted molar refractivity (Wildman–Crippen MR) is 113 cm³/mol. The van der Waals surface area contributed by atoms with E-state index in [0.29, 0.717) is 22.7 Å². The SMILES string of the molecule is Cl.Clc1ccc(COc2ccccc2CNC2CCCCCC2)c(Cl)c1. The molecule has 0 heterocycles. The Bertz CT molecular complexity index is 685. The smallest absolute Gasteiger partial charge is 0.124 e. The van der Waals surface area contributed by atoms with E-state index in [2.05, 4.69) is 17.4 Å². The van der Waals surface area contributed by atoms with Crippen LogP contribution in [-0.2, 0) is 13.2 Å². The molecular weight excluding hydrogens is 389 g/mol. The molecule has 0 bridgehead atoms. The summed E-state index contributed by atoms with van der Waals surface area (Å²) in [6.45, 7) is 1.28. The van der Waals surface area contributed by atoms with Crippen molar-refractivity contribution >= 4 is 35.6 Å². The number of rotatable bonds is 6. The van der Waals surface area contributed by atoms with E-state index < -0.39 is 0 Å². The van der Waals surface area contributed by atoms with Crippen LogP contribution in [0.25, 0.3) is 0 Å². The number of benzene rings is 2. The topological polar surface area (TPSA) is 21.3 Å². The van der Waals surface area contributed by atoms with Crippen molar-refractivity contribution < 1.29 is 4.74 Å². The summed E-state index contributed by atoms with van der Waals surface area (Å²) in [6.07, 6.45) is 7.99. The Morgan fingerprint density at radius 1 is 0.923 bits per heavy atom. The van der Waals surface area contributed by atoms with Crippen LogP contribution in [0.1, 0.15) is 49.7 Å². The molecule has 0 saturated heterocycles. The Balaban J connectivity index is 0.00000243. The molecule has 0 spiro atoms. The highest BCUT2D eigenvalue weighted by Crippen LogP contribution is 2.25. The minimum atomic E-state index is 0. The molecule has 1 fully saturated rings. The molecule has 0 amide bonds. The van der Waals surface area contributed by atoms with E-state index in [1.54, 1.807) is 6.07 Å². The average Bonchev–Trinajstić information content (AvgIpc) is 2.89. The second-order valence-corrected chi connectivity index (χ2v) is 7.55. The molecule has 2 aromatic rings. The number of halogens is 3. The molecule has 0 aromatic heterocycles. The maximum Gasteiger partial charge on any atom is 0.124 e. The summed E-state index contributed by atoms with van der Waals surface area (Å²) in [5, 5.41) is 4.99. The van der Waals surface area contributed by atoms with Gasteiger partial charge in [0.25, 0.3) is 0 Å². The van der Waals surface area contributed by atoms with Crippen molar-refractivity contribution in [3.63, 3.8) is 0 Å². The molecular formula is C21H26Cl3NO. The van der Waals surface area contributed by atoms with Crippen molar-refractivity contribution in [2.75, 3.05) is 0 Å². The van der Waals surface area contributed by atoms with Crippen molar-refractivity contribution in [2.24, 2.45) is 0 Å². The highest BCUT2D eigenvalue weighted by Gasteiger charge is 2.13. The fourth-order valence-electron chi connectivity index (χ4n) is 3.32. The molecule has 1 saturated carbocycles. The lowest BCUT2D eigenvalue weighted by atomic mass is 10.1. The highest BCUT2D eigenvalue weighted by molar-refractivity contribution is 6.35. The first-order valence-corrected chi connectivity index (χ1v) is 9.86. The number of hydrogen-bond acceptors (Lipinski definition) is 2. The first-order chi connectivity index (χ1) is 12.2. The van der Waals surface area contributed by atoms with Crippen LogP contribution in [-0.4, -0.2) is 6.04 Å². The van der Waals surface area contributed by atoms with Crippen LogP contribution in [0, 0.1) is 0 Å². The second kappa shape index (κ2) is 11.0. The zero-order valence-electron chi connectivity index (χ0n) is 14.8. The van der Waals surface area contributed by atoms with Gasteiger partial charge in [-0.1, -0.05) is 73.2 Å². The lowest BCUT2D eigenvalue weighted by molar-refractivity contribution is 0.301. The number of hydrogen-bond donors (Lipinski definition) is 1. The lowest BCUT2D eigenvalue weighted by Crippen LogP contribution is -2.28. The predicted octanol–water partition coefficient (Wildman–Crippen LogP) is 6.81. The van der Waals surface area contributed by atoms with Crippen molar-refractivity contribution in [3.05, 3.63) is 63.6 Å². The third-order valence-corrected chi connectivity index (χ3v) is 5.39. The summed E-state index contributed by atoms with van der Waals surface area (Å²) >= 11 is 12.2. The van der Waals surface area contributed by atoms with Crippen LogP contribution >= 0.6 is 35.6 Å². The maximum absolute atomic E-state index is 6.24. The zero-order valence-corrected chi connectivity index (χ0v) is 17.2. The van der Waals surface area contributed by atoms with Gasteiger partial charge in [-0.15, -0.1) is 12.4 Å². The largest absolute Gasteiger partial charge is 0.489 e. The van der Waals surface area contributed by atoms with E-state index in [1.165, 1.54) is 44.1 Å². The first-order valence-electron chi connectivity index (χ1n) is 9.10. The molecule has 5 heteroatoms. The molecule has 2 aromatic carbocycles. The third-order valence-electron chi connectivity index (χ3n) is 4.81. The van der Waals surface area contributed by atoms with Crippen molar-refractivity contribution in [2.45, 2.75) is 57.7 Å². The quantitative estimate of drug-likeness (QED) is 0.524. The second-order valence-electron chi connectivity index (χ2n) is 6.70. The summed E-state index contributed by atoms with van der Waals surface area (Å²) < 4.78 is 6.04. The summed E-state index contributed by atoms with van der Waals surface area (Å²) in [6, 6.07) is 14.3. The zero-order chi connectivity index (χ0) is 17.5. The van der Waals surface area contributed by atoms with Crippen molar-refractivity contribution in [1.82, 2.24) is 5.32 Å². The third kappa shape index (κ3) is 6.35. The molecule has 26 heavy (non-hydrogen) atoms. The van der Waals surface area contributed by atoms with Gasteiger partial charge in [0.1, 0.15) is 12.4 Å². The Kier molecular flexibility index (Phi) is 9.07. The fraction of sp³-hybridized carbons (Fsp3) is 0.429. The minimum absolute atomic E-state index is 0. The lowest BCUT2D eigenvalue weighted by Gasteiger charge is -2.18. The van der Waals surface area contributed by atoms with E-state index in [1.807, 2.05) is 24.3 Å². The van der Waals surface area contributed by atoms with Gasteiger partial charge in [0.05, 0.1) is 0 Å². The van der Waals surface area contributed by atoms with Gasteiger partial charge in [-0.3, -0.25) is 0 Å². The minimum Gasteiger partial charge on any atom is -0.489 e. The normalized spacial score (nSPS) is 15.2. The van der Waals surface area contributed by atoms with Crippen molar-refractivity contribution in [3.8, 4) is 5.75 Å². The van der Waals surface area contributed by atoms with Gasteiger partial charge in [-0.05, 0) is 31.0 Å². The monoisotopic (exact) mass is 413 g/mol. The first kappa shape index (κ1) is 21.4. The summed E-state index contributed by atoms with van der Waals surface area (Å²) in [5.41, 5.74) is 2.13. The molecule has 0 unspecified atom stereocenters. The van der Waals surface area contributed by atoms with E-state index in [4.69, 9.17) is 27.9 Å².